The minimum atomic E-state index is 0.442. The fourth-order valence-corrected chi connectivity index (χ4v) is 2.18. The van der Waals surface area contributed by atoms with Crippen LogP contribution in [0.5, 0.6) is 11.6 Å². The van der Waals surface area contributed by atoms with E-state index in [4.69, 9.17) is 16.3 Å². The Bertz CT molecular complexity index is 599. The van der Waals surface area contributed by atoms with E-state index < -0.39 is 0 Å². The predicted octanol–water partition coefficient (Wildman–Crippen LogP) is 4.76. The molecule has 0 aliphatic carbocycles. The van der Waals surface area contributed by atoms with E-state index in [0.717, 1.165) is 24.4 Å². The zero-order valence-electron chi connectivity index (χ0n) is 12.7. The van der Waals surface area contributed by atoms with Gasteiger partial charge < -0.3 is 10.1 Å². The molecule has 0 bridgehead atoms. The molecule has 0 atom stereocenters. The highest BCUT2D eigenvalue weighted by Crippen LogP contribution is 2.29. The van der Waals surface area contributed by atoms with Crippen molar-refractivity contribution in [1.82, 2.24) is 10.3 Å². The Morgan fingerprint density at radius 3 is 2.76 bits per heavy atom. The summed E-state index contributed by atoms with van der Waals surface area (Å²) in [5, 5.41) is 3.77. The molecular weight excluding hydrogens is 284 g/mol. The Morgan fingerprint density at radius 2 is 2.10 bits per heavy atom. The van der Waals surface area contributed by atoms with E-state index >= 15 is 0 Å². The monoisotopic (exact) mass is 304 g/mol. The molecule has 112 valence electrons. The summed E-state index contributed by atoms with van der Waals surface area (Å²) in [7, 11) is 0. The van der Waals surface area contributed by atoms with Gasteiger partial charge in [-0.3, -0.25) is 0 Å². The van der Waals surface area contributed by atoms with Crippen LogP contribution in [0.4, 0.5) is 0 Å². The van der Waals surface area contributed by atoms with Crippen molar-refractivity contribution >= 4 is 11.6 Å². The van der Waals surface area contributed by atoms with Crippen LogP contribution in [0.2, 0.25) is 5.02 Å². The van der Waals surface area contributed by atoms with Crippen LogP contribution >= 0.6 is 11.6 Å². The molecule has 0 saturated heterocycles. The Morgan fingerprint density at radius 1 is 1.29 bits per heavy atom. The van der Waals surface area contributed by atoms with Crippen molar-refractivity contribution < 1.29 is 4.74 Å². The molecule has 1 N–H and O–H groups in total. The van der Waals surface area contributed by atoms with Crippen molar-refractivity contribution in [2.24, 2.45) is 0 Å². The lowest BCUT2D eigenvalue weighted by molar-refractivity contribution is 0.461. The highest BCUT2D eigenvalue weighted by atomic mass is 35.5. The molecule has 1 heterocycles. The molecule has 0 aliphatic heterocycles. The third-order valence-electron chi connectivity index (χ3n) is 3.18. The van der Waals surface area contributed by atoms with Crippen LogP contribution < -0.4 is 10.1 Å². The summed E-state index contributed by atoms with van der Waals surface area (Å²) in [6.45, 7) is 8.04. The van der Waals surface area contributed by atoms with E-state index in [1.165, 1.54) is 5.56 Å². The number of rotatable bonds is 6. The van der Waals surface area contributed by atoms with E-state index in [9.17, 15) is 0 Å². The first-order valence-electron chi connectivity index (χ1n) is 7.23. The maximum absolute atomic E-state index is 6.25. The molecule has 1 aromatic heterocycles. The SMILES string of the molecule is CCNCc1cnc(Oc2cccc(C(C)C)c2)c(Cl)c1. The molecular formula is C17H21ClN2O. The quantitative estimate of drug-likeness (QED) is 0.835. The van der Waals surface area contributed by atoms with Gasteiger partial charge in [0.15, 0.2) is 0 Å². The second-order valence-corrected chi connectivity index (χ2v) is 5.65. The number of ether oxygens (including phenoxy) is 1. The summed E-state index contributed by atoms with van der Waals surface area (Å²) in [4.78, 5) is 4.31. The van der Waals surface area contributed by atoms with Crippen LogP contribution in [0.25, 0.3) is 0 Å². The highest BCUT2D eigenvalue weighted by molar-refractivity contribution is 6.31. The molecule has 21 heavy (non-hydrogen) atoms. The van der Waals surface area contributed by atoms with E-state index in [1.807, 2.05) is 24.3 Å². The Hall–Kier alpha value is -1.58. The van der Waals surface area contributed by atoms with Gasteiger partial charge in [-0.1, -0.05) is 44.5 Å². The van der Waals surface area contributed by atoms with Gasteiger partial charge in [-0.15, -0.1) is 0 Å². The van der Waals surface area contributed by atoms with Crippen LogP contribution in [0.1, 0.15) is 37.8 Å². The topological polar surface area (TPSA) is 34.2 Å². The van der Waals surface area contributed by atoms with Gasteiger partial charge >= 0.3 is 0 Å². The molecule has 1 aromatic carbocycles. The molecule has 4 heteroatoms. The van der Waals surface area contributed by atoms with E-state index in [-0.39, 0.29) is 0 Å². The Kier molecular flexibility index (Phi) is 5.59. The lowest BCUT2D eigenvalue weighted by Crippen LogP contribution is -2.11. The minimum Gasteiger partial charge on any atom is -0.438 e. The minimum absolute atomic E-state index is 0.442. The Labute approximate surface area is 131 Å². The van der Waals surface area contributed by atoms with Crippen LogP contribution in [-0.4, -0.2) is 11.5 Å². The maximum Gasteiger partial charge on any atom is 0.238 e. The summed E-state index contributed by atoms with van der Waals surface area (Å²) < 4.78 is 5.80. The van der Waals surface area contributed by atoms with Crippen LogP contribution in [0.3, 0.4) is 0 Å². The van der Waals surface area contributed by atoms with Gasteiger partial charge in [0.05, 0.1) is 0 Å². The molecule has 2 rings (SSSR count). The van der Waals surface area contributed by atoms with Crippen molar-refractivity contribution in [3.63, 3.8) is 0 Å². The molecule has 3 nitrogen and oxygen atoms in total. The highest BCUT2D eigenvalue weighted by Gasteiger charge is 2.08. The van der Waals surface area contributed by atoms with Crippen LogP contribution in [0.15, 0.2) is 36.5 Å². The van der Waals surface area contributed by atoms with Crippen LogP contribution in [0, 0.1) is 0 Å². The van der Waals surface area contributed by atoms with Gasteiger partial charge in [0.1, 0.15) is 10.8 Å². The van der Waals surface area contributed by atoms with Crippen molar-refractivity contribution in [2.45, 2.75) is 33.2 Å². The number of hydrogen-bond donors (Lipinski definition) is 1. The fourth-order valence-electron chi connectivity index (χ4n) is 1.95. The molecule has 0 spiro atoms. The summed E-state index contributed by atoms with van der Waals surface area (Å²) >= 11 is 6.25. The zero-order chi connectivity index (χ0) is 15.2. The van der Waals surface area contributed by atoms with Crippen molar-refractivity contribution in [1.29, 1.82) is 0 Å². The second-order valence-electron chi connectivity index (χ2n) is 5.24. The second kappa shape index (κ2) is 7.43. The maximum atomic E-state index is 6.25. The third kappa shape index (κ3) is 4.45. The van der Waals surface area contributed by atoms with Crippen molar-refractivity contribution in [3.05, 3.63) is 52.7 Å². The largest absolute Gasteiger partial charge is 0.438 e. The number of benzene rings is 1. The first-order chi connectivity index (χ1) is 10.1. The zero-order valence-corrected chi connectivity index (χ0v) is 13.4. The number of hydrogen-bond acceptors (Lipinski definition) is 3. The van der Waals surface area contributed by atoms with Gasteiger partial charge in [0.2, 0.25) is 5.88 Å². The number of pyridine rings is 1. The number of nitrogens with one attached hydrogen (secondary N) is 1. The number of halogens is 1. The average molecular weight is 305 g/mol. The van der Waals surface area contributed by atoms with Crippen molar-refractivity contribution in [3.8, 4) is 11.6 Å². The predicted molar refractivity (Wildman–Crippen MR) is 87.2 cm³/mol. The molecule has 0 aliphatic rings. The molecule has 0 radical (unpaired) electrons. The van der Waals surface area contributed by atoms with Crippen molar-refractivity contribution in [2.75, 3.05) is 6.54 Å². The first kappa shape index (κ1) is 15.8. The number of aromatic nitrogens is 1. The van der Waals surface area contributed by atoms with Gasteiger partial charge in [-0.25, -0.2) is 4.98 Å². The van der Waals surface area contributed by atoms with Gasteiger partial charge in [-0.05, 0) is 41.8 Å². The molecule has 0 fully saturated rings. The van der Waals surface area contributed by atoms with Gasteiger partial charge in [0, 0.05) is 12.7 Å². The van der Waals surface area contributed by atoms with E-state index in [2.05, 4.69) is 37.1 Å². The van der Waals surface area contributed by atoms with Gasteiger partial charge in [0.25, 0.3) is 0 Å². The molecule has 2 aromatic rings. The van der Waals surface area contributed by atoms with E-state index in [1.54, 1.807) is 6.20 Å². The first-order valence-corrected chi connectivity index (χ1v) is 7.61. The van der Waals surface area contributed by atoms with Crippen LogP contribution in [-0.2, 0) is 6.54 Å². The fraction of sp³-hybridized carbons (Fsp3) is 0.353. The molecule has 0 amide bonds. The summed E-state index contributed by atoms with van der Waals surface area (Å²) in [6.07, 6.45) is 1.79. The summed E-state index contributed by atoms with van der Waals surface area (Å²) in [5.74, 6) is 1.66. The lowest BCUT2D eigenvalue weighted by Gasteiger charge is -2.11. The van der Waals surface area contributed by atoms with E-state index in [0.29, 0.717) is 16.8 Å². The third-order valence-corrected chi connectivity index (χ3v) is 3.45. The normalized spacial score (nSPS) is 10.9. The molecule has 0 saturated carbocycles. The summed E-state index contributed by atoms with van der Waals surface area (Å²) in [6, 6.07) is 9.90. The average Bonchev–Trinajstić information content (AvgIpc) is 2.48. The summed E-state index contributed by atoms with van der Waals surface area (Å²) in [5.41, 5.74) is 2.28. The lowest BCUT2D eigenvalue weighted by atomic mass is 10.0. The smallest absolute Gasteiger partial charge is 0.238 e. The Balaban J connectivity index is 2.14. The molecule has 0 unspecified atom stereocenters. The standard InChI is InChI=1S/C17H21ClN2O/c1-4-19-10-13-8-16(18)17(20-11-13)21-15-7-5-6-14(9-15)12(2)3/h5-9,11-12,19H,4,10H2,1-3H3. The number of nitrogens with zero attached hydrogens (tertiary/aromatic N) is 1. The van der Waals surface area contributed by atoms with Gasteiger partial charge in [-0.2, -0.15) is 0 Å².